The summed E-state index contributed by atoms with van der Waals surface area (Å²) in [5, 5.41) is 11.4. The van der Waals surface area contributed by atoms with Gasteiger partial charge in [0.2, 0.25) is 4.77 Å². The van der Waals surface area contributed by atoms with Crippen LogP contribution in [0.5, 0.6) is 11.5 Å². The molecule has 0 aliphatic heterocycles. The van der Waals surface area contributed by atoms with E-state index in [4.69, 9.17) is 21.7 Å². The molecule has 0 radical (unpaired) electrons. The lowest BCUT2D eigenvalue weighted by Crippen LogP contribution is -1.98. The number of benzene rings is 1. The van der Waals surface area contributed by atoms with Gasteiger partial charge in [-0.1, -0.05) is 6.07 Å². The zero-order valence-corrected chi connectivity index (χ0v) is 13.9. The molecular formula is C16H15N5O2S. The molecule has 1 N–H and O–H groups in total. The maximum Gasteiger partial charge on any atom is 0.216 e. The standard InChI is InChI=1S/C16H15N5O2S/c1-22-13-5-3-4-12(14(13)23-2)10-18-21-15(19-20-16(21)24)11-6-8-17-9-7-11/h3-10H,1-2H3,(H,20,24)/b18-10+. The third kappa shape index (κ3) is 3.04. The molecule has 0 saturated carbocycles. The van der Waals surface area contributed by atoms with Crippen LogP contribution in [0.2, 0.25) is 0 Å². The zero-order valence-electron chi connectivity index (χ0n) is 13.1. The Morgan fingerprint density at radius 3 is 2.67 bits per heavy atom. The van der Waals surface area contributed by atoms with E-state index in [0.29, 0.717) is 22.1 Å². The highest BCUT2D eigenvalue weighted by Crippen LogP contribution is 2.29. The fraction of sp³-hybridized carbons (Fsp3) is 0.125. The van der Waals surface area contributed by atoms with E-state index >= 15 is 0 Å². The Morgan fingerprint density at radius 1 is 1.17 bits per heavy atom. The Kier molecular flexibility index (Phi) is 4.66. The molecule has 3 rings (SSSR count). The van der Waals surface area contributed by atoms with Gasteiger partial charge in [0.1, 0.15) is 0 Å². The fourth-order valence-electron chi connectivity index (χ4n) is 2.22. The lowest BCUT2D eigenvalue weighted by Gasteiger charge is -2.09. The van der Waals surface area contributed by atoms with Crippen molar-refractivity contribution in [1.29, 1.82) is 0 Å². The van der Waals surface area contributed by atoms with Gasteiger partial charge in [0.05, 0.1) is 20.4 Å². The molecule has 0 aliphatic carbocycles. The van der Waals surface area contributed by atoms with E-state index in [9.17, 15) is 0 Å². The zero-order chi connectivity index (χ0) is 16.9. The molecule has 0 aliphatic rings. The molecule has 0 amide bonds. The minimum Gasteiger partial charge on any atom is -0.493 e. The van der Waals surface area contributed by atoms with Crippen molar-refractivity contribution in [2.45, 2.75) is 0 Å². The number of rotatable bonds is 5. The van der Waals surface area contributed by atoms with Crippen LogP contribution in [0.1, 0.15) is 5.56 Å². The topological polar surface area (TPSA) is 77.3 Å². The maximum atomic E-state index is 5.40. The van der Waals surface area contributed by atoms with Crippen LogP contribution in [0.25, 0.3) is 11.4 Å². The highest BCUT2D eigenvalue weighted by molar-refractivity contribution is 7.71. The van der Waals surface area contributed by atoms with E-state index in [-0.39, 0.29) is 0 Å². The average molecular weight is 341 g/mol. The van der Waals surface area contributed by atoms with Crippen LogP contribution < -0.4 is 9.47 Å². The molecule has 0 fully saturated rings. The Hall–Kier alpha value is -3.00. The van der Waals surface area contributed by atoms with Crippen molar-refractivity contribution in [3.05, 3.63) is 53.1 Å². The van der Waals surface area contributed by atoms with Crippen molar-refractivity contribution >= 4 is 18.4 Å². The van der Waals surface area contributed by atoms with Crippen LogP contribution in [0.4, 0.5) is 0 Å². The number of nitrogens with one attached hydrogen (secondary N) is 1. The van der Waals surface area contributed by atoms with Crippen LogP contribution in [-0.4, -0.2) is 40.3 Å². The van der Waals surface area contributed by atoms with Crippen molar-refractivity contribution in [3.63, 3.8) is 0 Å². The number of methoxy groups -OCH3 is 2. The summed E-state index contributed by atoms with van der Waals surface area (Å²) in [5.74, 6) is 1.83. The van der Waals surface area contributed by atoms with Crippen molar-refractivity contribution < 1.29 is 9.47 Å². The highest BCUT2D eigenvalue weighted by Gasteiger charge is 2.10. The van der Waals surface area contributed by atoms with Crippen LogP contribution in [0.3, 0.4) is 0 Å². The third-order valence-corrected chi connectivity index (χ3v) is 3.60. The molecule has 8 heteroatoms. The molecule has 2 heterocycles. The summed E-state index contributed by atoms with van der Waals surface area (Å²) < 4.78 is 12.6. The summed E-state index contributed by atoms with van der Waals surface area (Å²) in [4.78, 5) is 4.00. The summed E-state index contributed by atoms with van der Waals surface area (Å²) in [6.45, 7) is 0. The second-order valence-electron chi connectivity index (χ2n) is 4.73. The molecule has 1 aromatic carbocycles. The predicted molar refractivity (Wildman–Crippen MR) is 93.2 cm³/mol. The number of aromatic nitrogens is 4. The lowest BCUT2D eigenvalue weighted by atomic mass is 10.2. The first-order valence-electron chi connectivity index (χ1n) is 7.07. The van der Waals surface area contributed by atoms with Crippen LogP contribution in [0.15, 0.2) is 47.8 Å². The molecule has 2 aromatic heterocycles. The van der Waals surface area contributed by atoms with Gasteiger partial charge in [-0.05, 0) is 36.5 Å². The minimum absolute atomic E-state index is 0.389. The third-order valence-electron chi connectivity index (χ3n) is 3.33. The van der Waals surface area contributed by atoms with E-state index in [1.807, 2.05) is 30.3 Å². The average Bonchev–Trinajstić information content (AvgIpc) is 3.00. The molecule has 0 unspecified atom stereocenters. The molecule has 122 valence electrons. The maximum absolute atomic E-state index is 5.40. The number of aromatic amines is 1. The number of ether oxygens (including phenoxy) is 2. The Morgan fingerprint density at radius 2 is 1.96 bits per heavy atom. The fourth-order valence-corrected chi connectivity index (χ4v) is 2.40. The Labute approximate surface area is 143 Å². The second-order valence-corrected chi connectivity index (χ2v) is 5.11. The first-order chi connectivity index (χ1) is 11.7. The molecule has 7 nitrogen and oxygen atoms in total. The molecule has 0 atom stereocenters. The van der Waals surface area contributed by atoms with Gasteiger partial charge in [-0.25, -0.2) is 5.10 Å². The highest BCUT2D eigenvalue weighted by atomic mass is 32.1. The van der Waals surface area contributed by atoms with E-state index < -0.39 is 0 Å². The first-order valence-corrected chi connectivity index (χ1v) is 7.48. The predicted octanol–water partition coefficient (Wildman–Crippen LogP) is 2.90. The molecule has 24 heavy (non-hydrogen) atoms. The number of hydrogen-bond acceptors (Lipinski definition) is 6. The number of H-pyrrole nitrogens is 1. The van der Waals surface area contributed by atoms with Crippen molar-refractivity contribution in [3.8, 4) is 22.9 Å². The van der Waals surface area contributed by atoms with Crippen LogP contribution >= 0.6 is 12.2 Å². The van der Waals surface area contributed by atoms with E-state index in [1.54, 1.807) is 37.5 Å². The van der Waals surface area contributed by atoms with Gasteiger partial charge in [-0.3, -0.25) is 4.98 Å². The van der Waals surface area contributed by atoms with Crippen LogP contribution in [0, 0.1) is 4.77 Å². The smallest absolute Gasteiger partial charge is 0.216 e. The summed E-state index contributed by atoms with van der Waals surface area (Å²) in [7, 11) is 3.17. The van der Waals surface area contributed by atoms with Crippen LogP contribution in [-0.2, 0) is 0 Å². The van der Waals surface area contributed by atoms with Gasteiger partial charge in [0, 0.05) is 23.5 Å². The Balaban J connectivity index is 2.03. The molecular weight excluding hydrogens is 326 g/mol. The first kappa shape index (κ1) is 15.9. The number of nitrogens with zero attached hydrogens (tertiary/aromatic N) is 4. The van der Waals surface area contributed by atoms with Gasteiger partial charge < -0.3 is 9.47 Å². The summed E-state index contributed by atoms with van der Waals surface area (Å²) in [6, 6.07) is 9.23. The van der Waals surface area contributed by atoms with Crippen molar-refractivity contribution in [2.75, 3.05) is 14.2 Å². The van der Waals surface area contributed by atoms with Gasteiger partial charge in [0.25, 0.3) is 0 Å². The van der Waals surface area contributed by atoms with Gasteiger partial charge >= 0.3 is 0 Å². The minimum atomic E-state index is 0.389. The summed E-state index contributed by atoms with van der Waals surface area (Å²) in [6.07, 6.45) is 5.02. The van der Waals surface area contributed by atoms with E-state index in [0.717, 1.165) is 11.1 Å². The van der Waals surface area contributed by atoms with Crippen molar-refractivity contribution in [1.82, 2.24) is 19.9 Å². The second kappa shape index (κ2) is 7.05. The van der Waals surface area contributed by atoms with E-state index in [1.165, 1.54) is 0 Å². The number of hydrogen-bond donors (Lipinski definition) is 1. The van der Waals surface area contributed by atoms with Gasteiger partial charge in [-0.15, -0.1) is 0 Å². The van der Waals surface area contributed by atoms with Gasteiger partial charge in [-0.2, -0.15) is 14.9 Å². The number of para-hydroxylation sites is 1. The summed E-state index contributed by atoms with van der Waals surface area (Å²) in [5.41, 5.74) is 1.62. The normalized spacial score (nSPS) is 10.9. The van der Waals surface area contributed by atoms with Crippen molar-refractivity contribution in [2.24, 2.45) is 5.10 Å². The molecule has 0 saturated heterocycles. The molecule has 3 aromatic rings. The van der Waals surface area contributed by atoms with E-state index in [2.05, 4.69) is 20.3 Å². The number of pyridine rings is 1. The molecule has 0 bridgehead atoms. The largest absolute Gasteiger partial charge is 0.493 e. The quantitative estimate of drug-likeness (QED) is 0.570. The Bertz CT molecular complexity index is 918. The monoisotopic (exact) mass is 341 g/mol. The summed E-state index contributed by atoms with van der Waals surface area (Å²) >= 11 is 5.26. The molecule has 0 spiro atoms. The van der Waals surface area contributed by atoms with Gasteiger partial charge in [0.15, 0.2) is 17.3 Å². The SMILES string of the molecule is COc1cccc(/C=N/n2c(-c3ccncc3)n[nH]c2=S)c1OC. The lowest BCUT2D eigenvalue weighted by molar-refractivity contribution is 0.354.